The van der Waals surface area contributed by atoms with E-state index in [0.29, 0.717) is 11.8 Å². The predicted octanol–water partition coefficient (Wildman–Crippen LogP) is 5.24. The number of carbonyl (C=O) groups excluding carboxylic acids is 2. The molecule has 0 aromatic rings. The molecule has 1 amide bonds. The molecule has 3 fully saturated rings. The van der Waals surface area contributed by atoms with Crippen LogP contribution >= 0.6 is 0 Å². The summed E-state index contributed by atoms with van der Waals surface area (Å²) in [5.74, 6) is 4.70. The van der Waals surface area contributed by atoms with E-state index in [-0.39, 0.29) is 28.2 Å². The van der Waals surface area contributed by atoms with Crippen molar-refractivity contribution >= 4 is 11.8 Å². The summed E-state index contributed by atoms with van der Waals surface area (Å²) in [5, 5.41) is 3.27. The van der Waals surface area contributed by atoms with Gasteiger partial charge in [0.05, 0.1) is 0 Å². The summed E-state index contributed by atoms with van der Waals surface area (Å²) in [7, 11) is 0. The highest BCUT2D eigenvalue weighted by Gasteiger charge is 2.60. The van der Waals surface area contributed by atoms with E-state index in [9.17, 15) is 9.59 Å². The zero-order valence-electron chi connectivity index (χ0n) is 18.4. The largest absolute Gasteiger partial charge is 0.351 e. The second-order valence-electron chi connectivity index (χ2n) is 11.5. The maximum atomic E-state index is 13.1. The van der Waals surface area contributed by atoms with Crippen LogP contribution < -0.4 is 5.32 Å². The molecule has 0 aliphatic heterocycles. The Morgan fingerprint density at radius 2 is 1.82 bits per heavy atom. The van der Waals surface area contributed by atoms with Crippen LogP contribution in [0.5, 0.6) is 0 Å². The second-order valence-corrected chi connectivity index (χ2v) is 11.5. The van der Waals surface area contributed by atoms with Crippen molar-refractivity contribution in [2.75, 3.05) is 0 Å². The molecule has 0 heterocycles. The first kappa shape index (κ1) is 20.0. The Kier molecular flexibility index (Phi) is 4.70. The average Bonchev–Trinajstić information content (AvgIpc) is 2.97. The minimum atomic E-state index is -0.160. The molecule has 4 rings (SSSR count). The summed E-state index contributed by atoms with van der Waals surface area (Å²) in [5.41, 5.74) is 2.60. The van der Waals surface area contributed by atoms with Gasteiger partial charge in [0.2, 0.25) is 5.91 Å². The molecule has 3 saturated carbocycles. The highest BCUT2D eigenvalue weighted by molar-refractivity contribution is 5.80. The second kappa shape index (κ2) is 6.59. The summed E-state index contributed by atoms with van der Waals surface area (Å²) in [6, 6.07) is 0. The lowest BCUT2D eigenvalue weighted by atomic mass is 9.46. The molecule has 0 aromatic carbocycles. The van der Waals surface area contributed by atoms with E-state index in [4.69, 9.17) is 0 Å². The quantitative estimate of drug-likeness (QED) is 0.630. The zero-order chi connectivity index (χ0) is 20.3. The molecule has 1 N–H and O–H groups in total. The highest BCUT2D eigenvalue weighted by atomic mass is 16.2. The van der Waals surface area contributed by atoms with Gasteiger partial charge in [0.1, 0.15) is 5.94 Å². The van der Waals surface area contributed by atoms with Crippen molar-refractivity contribution in [1.29, 1.82) is 0 Å². The van der Waals surface area contributed by atoms with E-state index >= 15 is 0 Å². The smallest absolute Gasteiger partial charge is 0.224 e. The fourth-order valence-corrected chi connectivity index (χ4v) is 7.55. The van der Waals surface area contributed by atoms with E-state index < -0.39 is 0 Å². The first-order valence-corrected chi connectivity index (χ1v) is 11.4. The van der Waals surface area contributed by atoms with Gasteiger partial charge in [0.25, 0.3) is 0 Å². The van der Waals surface area contributed by atoms with Crippen molar-refractivity contribution in [3.05, 3.63) is 17.2 Å². The minimum Gasteiger partial charge on any atom is -0.351 e. The fourth-order valence-electron chi connectivity index (χ4n) is 7.55. The predicted molar refractivity (Wildman–Crippen MR) is 112 cm³/mol. The van der Waals surface area contributed by atoms with Crippen molar-refractivity contribution in [3.8, 4) is 0 Å². The molecule has 0 radical (unpaired) electrons. The van der Waals surface area contributed by atoms with Gasteiger partial charge in [-0.15, -0.1) is 0 Å². The number of fused-ring (bicyclic) bond motifs is 5. The van der Waals surface area contributed by atoms with E-state index in [1.807, 2.05) is 0 Å². The van der Waals surface area contributed by atoms with E-state index in [1.54, 1.807) is 0 Å². The maximum Gasteiger partial charge on any atom is 0.224 e. The zero-order valence-corrected chi connectivity index (χ0v) is 18.4. The molecule has 3 heteroatoms. The number of allylic oxidation sites excluding steroid dienone is 3. The first-order chi connectivity index (χ1) is 13.1. The number of rotatable bonds is 1. The fraction of sp³-hybridized carbons (Fsp3) is 0.800. The van der Waals surface area contributed by atoms with Crippen LogP contribution in [0, 0.1) is 34.5 Å². The lowest BCUT2D eigenvalue weighted by Crippen LogP contribution is -2.53. The Labute approximate surface area is 170 Å². The van der Waals surface area contributed by atoms with Gasteiger partial charge >= 0.3 is 0 Å². The van der Waals surface area contributed by atoms with Crippen LogP contribution in [0.1, 0.15) is 86.0 Å². The average molecular weight is 384 g/mol. The third-order valence-electron chi connectivity index (χ3n) is 8.94. The highest BCUT2D eigenvalue weighted by Crippen LogP contribution is 2.66. The van der Waals surface area contributed by atoms with Gasteiger partial charge < -0.3 is 5.32 Å². The molecule has 0 bridgehead atoms. The number of nitrogens with one attached hydrogen (secondary N) is 1. The van der Waals surface area contributed by atoms with Crippen molar-refractivity contribution in [3.63, 3.8) is 0 Å². The molecule has 154 valence electrons. The molecule has 0 saturated heterocycles. The molecule has 4 aliphatic rings. The Balaban J connectivity index is 1.59. The van der Waals surface area contributed by atoms with Gasteiger partial charge in [-0.2, -0.15) is 0 Å². The molecule has 0 spiro atoms. The Morgan fingerprint density at radius 3 is 2.50 bits per heavy atom. The lowest BCUT2D eigenvalue weighted by Gasteiger charge is -2.58. The van der Waals surface area contributed by atoms with Crippen LogP contribution in [-0.2, 0) is 9.59 Å². The lowest BCUT2D eigenvalue weighted by molar-refractivity contribution is -0.133. The van der Waals surface area contributed by atoms with Crippen LogP contribution in [0.25, 0.3) is 0 Å². The summed E-state index contributed by atoms with van der Waals surface area (Å²) in [6.45, 7) is 11.1. The van der Waals surface area contributed by atoms with E-state index in [1.165, 1.54) is 31.3 Å². The van der Waals surface area contributed by atoms with Gasteiger partial charge in [-0.05, 0) is 107 Å². The van der Waals surface area contributed by atoms with Crippen molar-refractivity contribution in [2.24, 2.45) is 34.5 Å². The van der Waals surface area contributed by atoms with Crippen molar-refractivity contribution in [2.45, 2.75) is 91.5 Å². The Bertz CT molecular complexity index is 753. The van der Waals surface area contributed by atoms with Gasteiger partial charge in [-0.1, -0.05) is 19.4 Å². The SMILES string of the molecule is CC(C)(C)NC(=O)[C@H]1CC[C@H]2[C@@H]3CCC4=CC(=C=O)CC[C@]4(C)[C@H]3CC[C@]12C. The first-order valence-electron chi connectivity index (χ1n) is 11.4. The van der Waals surface area contributed by atoms with Crippen molar-refractivity contribution < 1.29 is 9.59 Å². The summed E-state index contributed by atoms with van der Waals surface area (Å²) in [4.78, 5) is 24.2. The van der Waals surface area contributed by atoms with E-state index in [2.05, 4.69) is 52.0 Å². The Hall–Kier alpha value is -1.34. The summed E-state index contributed by atoms with van der Waals surface area (Å²) >= 11 is 0. The van der Waals surface area contributed by atoms with Gasteiger partial charge in [0, 0.05) is 17.0 Å². The third-order valence-corrected chi connectivity index (χ3v) is 8.94. The summed E-state index contributed by atoms with van der Waals surface area (Å²) in [6.07, 6.45) is 11.1. The summed E-state index contributed by atoms with van der Waals surface area (Å²) < 4.78 is 0. The van der Waals surface area contributed by atoms with Crippen molar-refractivity contribution in [1.82, 2.24) is 5.32 Å². The number of hydrogen-bond donors (Lipinski definition) is 1. The van der Waals surface area contributed by atoms with Crippen LogP contribution in [-0.4, -0.2) is 17.4 Å². The van der Waals surface area contributed by atoms with Gasteiger partial charge in [-0.25, -0.2) is 4.79 Å². The molecule has 4 aliphatic carbocycles. The van der Waals surface area contributed by atoms with Crippen LogP contribution in [0.3, 0.4) is 0 Å². The minimum absolute atomic E-state index is 0.149. The van der Waals surface area contributed by atoms with Gasteiger partial charge in [-0.3, -0.25) is 4.79 Å². The van der Waals surface area contributed by atoms with E-state index in [0.717, 1.165) is 37.2 Å². The maximum absolute atomic E-state index is 13.1. The van der Waals surface area contributed by atoms with Crippen LogP contribution in [0.4, 0.5) is 0 Å². The third kappa shape index (κ3) is 3.02. The molecular weight excluding hydrogens is 346 g/mol. The standard InChI is InChI=1S/C25H37NO2/c1-23(2,3)26-22(28)21-9-8-19-18-7-6-17-14-16(15-27)10-12-24(17,4)20(18)11-13-25(19,21)5/h14,18-21H,6-13H2,1-5H3,(H,26,28)/t18-,19-,20-,21+,24-,25-/m0/s1. The molecule has 3 nitrogen and oxygen atoms in total. The molecular formula is C25H37NO2. The molecule has 6 atom stereocenters. The molecule has 0 unspecified atom stereocenters. The number of hydrogen-bond acceptors (Lipinski definition) is 2. The Morgan fingerprint density at radius 1 is 1.07 bits per heavy atom. The normalized spacial score (nSPS) is 42.6. The van der Waals surface area contributed by atoms with Crippen LogP contribution in [0.15, 0.2) is 17.2 Å². The number of amides is 1. The van der Waals surface area contributed by atoms with Crippen LogP contribution in [0.2, 0.25) is 0 Å². The van der Waals surface area contributed by atoms with Gasteiger partial charge in [0.15, 0.2) is 0 Å². The molecule has 0 aromatic heterocycles. The monoisotopic (exact) mass is 383 g/mol. The topological polar surface area (TPSA) is 46.2 Å². The molecule has 28 heavy (non-hydrogen) atoms. The number of carbonyl (C=O) groups is 1.